The van der Waals surface area contributed by atoms with E-state index in [0.29, 0.717) is 0 Å². The Morgan fingerprint density at radius 3 is 1.33 bits per heavy atom. The summed E-state index contributed by atoms with van der Waals surface area (Å²) in [6, 6.07) is 21.7. The minimum Gasteiger partial charge on any atom is -0.240 e. The van der Waals surface area contributed by atoms with Gasteiger partial charge in [-0.2, -0.15) is 0 Å². The lowest BCUT2D eigenvalue weighted by molar-refractivity contribution is 0.666. The third kappa shape index (κ3) is 5.40. The van der Waals surface area contributed by atoms with E-state index in [1.54, 1.807) is 0 Å². The minimum absolute atomic E-state index is 1.06. The summed E-state index contributed by atoms with van der Waals surface area (Å²) in [5.74, 6) is 0. The number of hydrogen-bond acceptors (Lipinski definition) is 4. The van der Waals surface area contributed by atoms with Gasteiger partial charge in [0.15, 0.2) is 0 Å². The van der Waals surface area contributed by atoms with Crippen LogP contribution >= 0.6 is 22.7 Å². The van der Waals surface area contributed by atoms with Crippen LogP contribution in [0.15, 0.2) is 60.7 Å². The van der Waals surface area contributed by atoms with Gasteiger partial charge >= 0.3 is 0 Å². The lowest BCUT2D eigenvalue weighted by atomic mass is 9.97. The van der Waals surface area contributed by atoms with Gasteiger partial charge in [0.1, 0.15) is 0 Å². The summed E-state index contributed by atoms with van der Waals surface area (Å²) >= 11 is 3.78. The first-order valence-corrected chi connectivity index (χ1v) is 15.3. The molecule has 36 heavy (non-hydrogen) atoms. The van der Waals surface area contributed by atoms with Crippen molar-refractivity contribution in [2.45, 2.75) is 78.1 Å². The van der Waals surface area contributed by atoms with Crippen molar-refractivity contribution >= 4 is 43.1 Å². The molecule has 0 unspecified atom stereocenters. The van der Waals surface area contributed by atoms with Gasteiger partial charge in [-0.25, -0.2) is 9.97 Å². The number of aromatic nitrogens is 2. The van der Waals surface area contributed by atoms with Crippen LogP contribution in [-0.2, 0) is 12.8 Å². The first kappa shape index (κ1) is 25.1. The number of nitrogens with zero attached hydrogens (tertiary/aromatic N) is 2. The Bertz CT molecular complexity index is 1240. The molecule has 5 aromatic rings. The number of aryl methyl sites for hydroxylation is 2. The van der Waals surface area contributed by atoms with E-state index in [1.807, 2.05) is 22.7 Å². The van der Waals surface area contributed by atoms with E-state index in [9.17, 15) is 0 Å². The Balaban J connectivity index is 1.71. The van der Waals surface area contributed by atoms with Gasteiger partial charge in [-0.1, -0.05) is 113 Å². The van der Waals surface area contributed by atoms with Crippen LogP contribution in [0.3, 0.4) is 0 Å². The highest BCUT2D eigenvalue weighted by Crippen LogP contribution is 2.47. The number of benzene rings is 3. The molecule has 2 aromatic heterocycles. The molecule has 0 radical (unpaired) electrons. The maximum atomic E-state index is 5.32. The Morgan fingerprint density at radius 1 is 0.528 bits per heavy atom. The van der Waals surface area contributed by atoms with E-state index in [4.69, 9.17) is 9.97 Å². The zero-order valence-electron chi connectivity index (χ0n) is 21.6. The summed E-state index contributed by atoms with van der Waals surface area (Å²) in [4.78, 5) is 10.6. The van der Waals surface area contributed by atoms with Crippen molar-refractivity contribution in [3.05, 3.63) is 70.7 Å². The van der Waals surface area contributed by atoms with E-state index in [0.717, 1.165) is 23.9 Å². The van der Waals surface area contributed by atoms with Crippen molar-refractivity contribution in [3.63, 3.8) is 0 Å². The van der Waals surface area contributed by atoms with Crippen molar-refractivity contribution in [1.82, 2.24) is 9.97 Å². The van der Waals surface area contributed by atoms with Crippen molar-refractivity contribution in [2.75, 3.05) is 0 Å². The Hall–Kier alpha value is -2.56. The predicted molar refractivity (Wildman–Crippen MR) is 159 cm³/mol. The topological polar surface area (TPSA) is 25.8 Å². The van der Waals surface area contributed by atoms with E-state index in [2.05, 4.69) is 74.5 Å². The number of rotatable bonds is 12. The smallest absolute Gasteiger partial charge is 0.0939 e. The first-order valence-electron chi connectivity index (χ1n) is 13.7. The molecule has 0 amide bonds. The SMILES string of the molecule is CCCCCCc1nc2c(-c3ccccc3)c3sc(CCCCCC)nc3c(-c3ccccc3)c2s1. The van der Waals surface area contributed by atoms with Crippen LogP contribution in [-0.4, -0.2) is 9.97 Å². The van der Waals surface area contributed by atoms with Crippen LogP contribution in [0.4, 0.5) is 0 Å². The van der Waals surface area contributed by atoms with Gasteiger partial charge in [0.05, 0.1) is 30.4 Å². The van der Waals surface area contributed by atoms with Gasteiger partial charge in [0.25, 0.3) is 0 Å². The number of unbranched alkanes of at least 4 members (excludes halogenated alkanes) is 6. The van der Waals surface area contributed by atoms with Crippen molar-refractivity contribution < 1.29 is 0 Å². The molecule has 2 nitrogen and oxygen atoms in total. The largest absolute Gasteiger partial charge is 0.240 e. The fraction of sp³-hybridized carbons (Fsp3) is 0.375. The van der Waals surface area contributed by atoms with Crippen LogP contribution in [0, 0.1) is 0 Å². The fourth-order valence-corrected chi connectivity index (χ4v) is 7.35. The zero-order chi connectivity index (χ0) is 24.7. The van der Waals surface area contributed by atoms with Gasteiger partial charge < -0.3 is 0 Å². The lowest BCUT2D eigenvalue weighted by Gasteiger charge is -2.10. The second-order valence-corrected chi connectivity index (χ2v) is 11.8. The second kappa shape index (κ2) is 12.1. The lowest BCUT2D eigenvalue weighted by Crippen LogP contribution is -1.88. The van der Waals surface area contributed by atoms with Gasteiger partial charge in [-0.15, -0.1) is 22.7 Å². The number of thiazole rings is 2. The average Bonchev–Trinajstić information content (AvgIpc) is 3.52. The molecule has 0 aliphatic carbocycles. The van der Waals surface area contributed by atoms with Crippen molar-refractivity contribution in [2.24, 2.45) is 0 Å². The summed E-state index contributed by atoms with van der Waals surface area (Å²) < 4.78 is 2.58. The Morgan fingerprint density at radius 2 is 0.944 bits per heavy atom. The maximum Gasteiger partial charge on any atom is 0.0939 e. The molecule has 0 fully saturated rings. The zero-order valence-corrected chi connectivity index (χ0v) is 23.2. The van der Waals surface area contributed by atoms with Gasteiger partial charge in [-0.05, 0) is 36.8 Å². The molecule has 3 aromatic carbocycles. The average molecular weight is 513 g/mol. The first-order chi connectivity index (χ1) is 17.8. The van der Waals surface area contributed by atoms with E-state index in [-0.39, 0.29) is 0 Å². The molecule has 2 heterocycles. The van der Waals surface area contributed by atoms with E-state index < -0.39 is 0 Å². The monoisotopic (exact) mass is 512 g/mol. The van der Waals surface area contributed by atoms with Crippen LogP contribution in [0.25, 0.3) is 42.7 Å². The molecular weight excluding hydrogens is 477 g/mol. The Kier molecular flexibility index (Phi) is 8.45. The standard InChI is InChI=1S/C32H36N2S2/c1-3-5-7-15-21-25-33-29-27(23-17-11-9-12-18-23)32-30(34-26(36-32)22-16-8-6-4-2)28(31(29)35-25)24-19-13-10-14-20-24/h9-14,17-20H,3-8,15-16,21-22H2,1-2H3. The quantitative estimate of drug-likeness (QED) is 0.155. The molecular formula is C32H36N2S2. The molecule has 0 atom stereocenters. The van der Waals surface area contributed by atoms with Crippen LogP contribution in [0.2, 0.25) is 0 Å². The van der Waals surface area contributed by atoms with Gasteiger partial charge in [0, 0.05) is 11.1 Å². The van der Waals surface area contributed by atoms with E-state index >= 15 is 0 Å². The third-order valence-electron chi connectivity index (χ3n) is 6.88. The molecule has 0 aliphatic heterocycles. The summed E-state index contributed by atoms with van der Waals surface area (Å²) in [5.41, 5.74) is 7.35. The highest BCUT2D eigenvalue weighted by Gasteiger charge is 2.23. The fourth-order valence-electron chi connectivity index (χ4n) is 4.99. The molecule has 4 heteroatoms. The second-order valence-electron chi connectivity index (χ2n) is 9.67. The van der Waals surface area contributed by atoms with Gasteiger partial charge in [0.2, 0.25) is 0 Å². The normalized spacial score (nSPS) is 11.6. The molecule has 0 saturated heterocycles. The summed E-state index contributed by atoms with van der Waals surface area (Å²) in [5, 5.41) is 2.51. The predicted octanol–water partition coefficient (Wildman–Crippen LogP) is 10.5. The molecule has 186 valence electrons. The maximum absolute atomic E-state index is 5.32. The molecule has 0 saturated carbocycles. The van der Waals surface area contributed by atoms with Crippen LogP contribution in [0.5, 0.6) is 0 Å². The third-order valence-corrected chi connectivity index (χ3v) is 9.15. The highest BCUT2D eigenvalue weighted by atomic mass is 32.1. The van der Waals surface area contributed by atoms with E-state index in [1.165, 1.54) is 93.0 Å². The molecule has 0 spiro atoms. The van der Waals surface area contributed by atoms with Crippen LogP contribution in [0.1, 0.15) is 75.2 Å². The molecule has 0 N–H and O–H groups in total. The molecule has 5 rings (SSSR count). The summed E-state index contributed by atoms with van der Waals surface area (Å²) in [6.07, 6.45) is 12.2. The minimum atomic E-state index is 1.06. The molecule has 0 bridgehead atoms. The summed E-state index contributed by atoms with van der Waals surface area (Å²) in [7, 11) is 0. The highest BCUT2D eigenvalue weighted by molar-refractivity contribution is 7.21. The Labute approximate surface area is 223 Å². The van der Waals surface area contributed by atoms with Gasteiger partial charge in [-0.3, -0.25) is 0 Å². The van der Waals surface area contributed by atoms with Crippen LogP contribution < -0.4 is 0 Å². The van der Waals surface area contributed by atoms with Crippen molar-refractivity contribution in [3.8, 4) is 22.3 Å². The van der Waals surface area contributed by atoms with Crippen molar-refractivity contribution in [1.29, 1.82) is 0 Å². The number of fused-ring (bicyclic) bond motifs is 2. The summed E-state index contributed by atoms with van der Waals surface area (Å²) in [6.45, 7) is 4.54. The number of hydrogen-bond donors (Lipinski definition) is 0. The molecule has 0 aliphatic rings.